The van der Waals surface area contributed by atoms with Gasteiger partial charge in [0.1, 0.15) is 16.2 Å². The monoisotopic (exact) mass is 379 g/mol. The number of rotatable bonds is 3. The van der Waals surface area contributed by atoms with Gasteiger partial charge in [-0.25, -0.2) is 0 Å². The van der Waals surface area contributed by atoms with Crippen LogP contribution in [0.15, 0.2) is 63.4 Å². The molecule has 1 aromatic heterocycles. The third-order valence-electron chi connectivity index (χ3n) is 4.18. The van der Waals surface area contributed by atoms with Gasteiger partial charge in [0.25, 0.3) is 5.91 Å². The predicted molar refractivity (Wildman–Crippen MR) is 110 cm³/mol. The number of allylic oxidation sites excluding steroid dienone is 1. The minimum atomic E-state index is -0.301. The molecular formula is C20H13NO3S2. The second kappa shape index (κ2) is 6.55. The number of hydrogen-bond acceptors (Lipinski definition) is 5. The van der Waals surface area contributed by atoms with Crippen LogP contribution in [-0.4, -0.2) is 10.2 Å². The fourth-order valence-corrected chi connectivity index (χ4v) is 4.07. The zero-order chi connectivity index (χ0) is 18.3. The van der Waals surface area contributed by atoms with Crippen molar-refractivity contribution in [1.29, 1.82) is 0 Å². The summed E-state index contributed by atoms with van der Waals surface area (Å²) in [6, 6.07) is 9.65. The summed E-state index contributed by atoms with van der Waals surface area (Å²) in [5.74, 6) is -0.301. The second-order valence-corrected chi connectivity index (χ2v) is 7.54. The molecule has 0 bridgehead atoms. The van der Waals surface area contributed by atoms with Gasteiger partial charge in [-0.15, -0.1) is 6.58 Å². The predicted octanol–water partition coefficient (Wildman–Crippen LogP) is 4.16. The molecule has 4 nitrogen and oxygen atoms in total. The van der Waals surface area contributed by atoms with Crippen molar-refractivity contribution in [1.82, 2.24) is 5.32 Å². The van der Waals surface area contributed by atoms with Crippen molar-refractivity contribution >= 4 is 62.0 Å². The summed E-state index contributed by atoms with van der Waals surface area (Å²) in [5, 5.41) is 4.94. The van der Waals surface area contributed by atoms with Crippen molar-refractivity contribution in [2.24, 2.45) is 0 Å². The van der Waals surface area contributed by atoms with Crippen molar-refractivity contribution in [3.8, 4) is 0 Å². The Balaban J connectivity index is 1.98. The lowest BCUT2D eigenvalue weighted by molar-refractivity contribution is -0.115. The zero-order valence-electron chi connectivity index (χ0n) is 13.6. The Morgan fingerprint density at radius 3 is 2.65 bits per heavy atom. The number of hydrogen-bond donors (Lipinski definition) is 1. The first kappa shape index (κ1) is 16.8. The van der Waals surface area contributed by atoms with Crippen LogP contribution in [-0.2, 0) is 11.2 Å². The second-order valence-electron chi connectivity index (χ2n) is 5.82. The number of amides is 1. The Hall–Kier alpha value is -2.70. The smallest absolute Gasteiger partial charge is 0.263 e. The van der Waals surface area contributed by atoms with Crippen LogP contribution in [0.5, 0.6) is 0 Å². The molecule has 4 rings (SSSR count). The maximum Gasteiger partial charge on any atom is 0.263 e. The van der Waals surface area contributed by atoms with Gasteiger partial charge >= 0.3 is 0 Å². The Labute approximate surface area is 158 Å². The first-order valence-electron chi connectivity index (χ1n) is 7.90. The van der Waals surface area contributed by atoms with E-state index < -0.39 is 0 Å². The highest BCUT2D eigenvalue weighted by molar-refractivity contribution is 8.26. The summed E-state index contributed by atoms with van der Waals surface area (Å²) in [4.78, 5) is 25.2. The molecule has 1 N–H and O–H groups in total. The number of fused-ring (bicyclic) bond motifs is 3. The summed E-state index contributed by atoms with van der Waals surface area (Å²) in [6.07, 6.45) is 5.37. The van der Waals surface area contributed by atoms with E-state index in [1.807, 2.05) is 36.4 Å². The fraction of sp³-hybridized carbons (Fsp3) is 0.0500. The third kappa shape index (κ3) is 2.77. The Kier molecular flexibility index (Phi) is 4.22. The third-order valence-corrected chi connectivity index (χ3v) is 5.35. The van der Waals surface area contributed by atoms with Crippen LogP contribution in [0.25, 0.3) is 27.8 Å². The summed E-state index contributed by atoms with van der Waals surface area (Å²) in [7, 11) is 0. The molecule has 0 aliphatic carbocycles. The van der Waals surface area contributed by atoms with Gasteiger partial charge < -0.3 is 9.73 Å². The maximum atomic E-state index is 13.0. The highest BCUT2D eigenvalue weighted by atomic mass is 32.2. The molecule has 1 aliphatic heterocycles. The Bertz CT molecular complexity index is 1190. The molecule has 0 unspecified atom stereocenters. The summed E-state index contributed by atoms with van der Waals surface area (Å²) in [5.41, 5.74) is 1.69. The molecule has 2 aromatic carbocycles. The van der Waals surface area contributed by atoms with Crippen LogP contribution in [0, 0.1) is 0 Å². The topological polar surface area (TPSA) is 59.3 Å². The highest BCUT2D eigenvalue weighted by Gasteiger charge is 2.23. The minimum absolute atomic E-state index is 0.180. The Morgan fingerprint density at radius 1 is 1.19 bits per heavy atom. The van der Waals surface area contributed by atoms with Gasteiger partial charge in [0, 0.05) is 5.39 Å². The quantitative estimate of drug-likeness (QED) is 0.320. The number of benzene rings is 2. The number of nitrogens with one attached hydrogen (secondary N) is 1. The SMILES string of the molecule is C=CCc1cc2c(=O)c(C=C3SC(=S)NC3=O)coc2c2ccccc12. The molecule has 1 amide bonds. The average molecular weight is 379 g/mol. The van der Waals surface area contributed by atoms with Crippen molar-refractivity contribution < 1.29 is 9.21 Å². The molecule has 128 valence electrons. The van der Waals surface area contributed by atoms with Crippen LogP contribution in [0.2, 0.25) is 0 Å². The standard InChI is InChI=1S/C20H13NO3S2/c1-2-5-11-8-15-17(22)12(9-16-19(23)21-20(25)26-16)10-24-18(15)14-7-4-3-6-13(11)14/h2-4,6-10H,1,5H2,(H,21,23,25). The molecule has 26 heavy (non-hydrogen) atoms. The molecule has 0 spiro atoms. The number of carbonyl (C=O) groups excluding carboxylic acids is 1. The normalized spacial score (nSPS) is 15.8. The van der Waals surface area contributed by atoms with E-state index in [9.17, 15) is 9.59 Å². The van der Waals surface area contributed by atoms with E-state index in [0.717, 1.165) is 28.1 Å². The Morgan fingerprint density at radius 2 is 1.96 bits per heavy atom. The van der Waals surface area contributed by atoms with E-state index in [4.69, 9.17) is 16.6 Å². The first-order valence-corrected chi connectivity index (χ1v) is 9.13. The lowest BCUT2D eigenvalue weighted by Crippen LogP contribution is -2.17. The van der Waals surface area contributed by atoms with Gasteiger partial charge in [-0.1, -0.05) is 54.3 Å². The van der Waals surface area contributed by atoms with Gasteiger partial charge in [-0.2, -0.15) is 0 Å². The lowest BCUT2D eigenvalue weighted by atomic mass is 9.98. The lowest BCUT2D eigenvalue weighted by Gasteiger charge is -2.08. The van der Waals surface area contributed by atoms with E-state index in [-0.39, 0.29) is 11.3 Å². The molecule has 6 heteroatoms. The van der Waals surface area contributed by atoms with E-state index in [0.29, 0.717) is 32.2 Å². The molecule has 0 saturated carbocycles. The molecule has 0 atom stereocenters. The van der Waals surface area contributed by atoms with E-state index >= 15 is 0 Å². The largest absolute Gasteiger partial charge is 0.463 e. The molecule has 1 saturated heterocycles. The highest BCUT2D eigenvalue weighted by Crippen LogP contribution is 2.29. The summed E-state index contributed by atoms with van der Waals surface area (Å²) in [6.45, 7) is 3.80. The number of thiocarbonyl (C=S) groups is 1. The molecule has 1 aliphatic rings. The number of thioether (sulfide) groups is 1. The van der Waals surface area contributed by atoms with Gasteiger partial charge in [0.05, 0.1) is 15.9 Å². The molecule has 3 aromatic rings. The zero-order valence-corrected chi connectivity index (χ0v) is 15.2. The van der Waals surface area contributed by atoms with Gasteiger partial charge in [-0.05, 0) is 29.5 Å². The van der Waals surface area contributed by atoms with Gasteiger partial charge in [0.2, 0.25) is 0 Å². The van der Waals surface area contributed by atoms with E-state index in [2.05, 4.69) is 11.9 Å². The molecule has 1 fully saturated rings. The fourth-order valence-electron chi connectivity index (χ4n) is 3.04. The van der Waals surface area contributed by atoms with Crippen LogP contribution < -0.4 is 10.7 Å². The van der Waals surface area contributed by atoms with Crippen molar-refractivity contribution in [3.63, 3.8) is 0 Å². The summed E-state index contributed by atoms with van der Waals surface area (Å²) >= 11 is 6.11. The maximum absolute atomic E-state index is 13.0. The van der Waals surface area contributed by atoms with E-state index in [1.54, 1.807) is 0 Å². The number of carbonyl (C=O) groups is 1. The van der Waals surface area contributed by atoms with Crippen molar-refractivity contribution in [2.75, 3.05) is 0 Å². The molecule has 0 radical (unpaired) electrons. The first-order chi connectivity index (χ1) is 12.6. The van der Waals surface area contributed by atoms with Gasteiger partial charge in [0.15, 0.2) is 5.43 Å². The minimum Gasteiger partial charge on any atom is -0.463 e. The van der Waals surface area contributed by atoms with Crippen LogP contribution >= 0.6 is 24.0 Å². The van der Waals surface area contributed by atoms with Crippen LogP contribution in [0.1, 0.15) is 11.1 Å². The average Bonchev–Trinajstić information content (AvgIpc) is 2.95. The van der Waals surface area contributed by atoms with Crippen molar-refractivity contribution in [2.45, 2.75) is 6.42 Å². The molecule has 2 heterocycles. The van der Waals surface area contributed by atoms with Crippen molar-refractivity contribution in [3.05, 3.63) is 75.5 Å². The van der Waals surface area contributed by atoms with Crippen LogP contribution in [0.4, 0.5) is 0 Å². The van der Waals surface area contributed by atoms with Gasteiger partial charge in [-0.3, -0.25) is 9.59 Å². The van der Waals surface area contributed by atoms with E-state index in [1.165, 1.54) is 12.3 Å². The van der Waals surface area contributed by atoms with Crippen LogP contribution in [0.3, 0.4) is 0 Å². The molecular weight excluding hydrogens is 366 g/mol. The summed E-state index contributed by atoms with van der Waals surface area (Å²) < 4.78 is 6.18.